The molecule has 0 saturated heterocycles. The monoisotopic (exact) mass is 493 g/mol. The van der Waals surface area contributed by atoms with Gasteiger partial charge in [0.15, 0.2) is 0 Å². The summed E-state index contributed by atoms with van der Waals surface area (Å²) < 4.78 is 57.1. The number of rotatable bonds is 9. The predicted molar refractivity (Wildman–Crippen MR) is 117 cm³/mol. The van der Waals surface area contributed by atoms with E-state index in [9.17, 15) is 27.2 Å². The molecule has 2 saturated carbocycles. The van der Waals surface area contributed by atoms with Gasteiger partial charge in [0.1, 0.15) is 12.4 Å². The van der Waals surface area contributed by atoms with Crippen molar-refractivity contribution in [2.75, 3.05) is 19.0 Å². The summed E-state index contributed by atoms with van der Waals surface area (Å²) in [6, 6.07) is 2.35. The van der Waals surface area contributed by atoms with Gasteiger partial charge in [0.05, 0.1) is 23.9 Å². The summed E-state index contributed by atoms with van der Waals surface area (Å²) in [7, 11) is 1.39. The standard InChI is InChI=1S/C22H27F4N3O3.ClH/c1-11(20(30)28-10-22(24,25)26)15-8-16(23)17(7-14(15)9-32-2)29-21(31)19(27)18(12-3-4-12)13-5-6-13;/h7-8,11-13H,3-6,9-10,27H2,1-2H3,(H,28,30)(H,29,31);1H/t11-;/m0./s1. The van der Waals surface area contributed by atoms with Crippen LogP contribution in [0.2, 0.25) is 0 Å². The molecule has 0 bridgehead atoms. The van der Waals surface area contributed by atoms with Crippen molar-refractivity contribution in [2.45, 2.75) is 51.3 Å². The normalized spacial score (nSPS) is 16.4. The molecule has 2 aliphatic carbocycles. The number of ether oxygens (including phenoxy) is 1. The Labute approximate surface area is 195 Å². The smallest absolute Gasteiger partial charge is 0.394 e. The van der Waals surface area contributed by atoms with Crippen molar-refractivity contribution in [2.24, 2.45) is 17.6 Å². The molecule has 3 rings (SSSR count). The van der Waals surface area contributed by atoms with Gasteiger partial charge in [-0.3, -0.25) is 9.59 Å². The van der Waals surface area contributed by atoms with Crippen molar-refractivity contribution >= 4 is 29.9 Å². The molecule has 0 radical (unpaired) electrons. The second kappa shape index (κ2) is 10.7. The Morgan fingerprint density at radius 3 is 2.24 bits per heavy atom. The number of anilines is 1. The lowest BCUT2D eigenvalue weighted by Crippen LogP contribution is -2.36. The number of amides is 2. The number of alkyl halides is 3. The molecule has 2 aliphatic rings. The molecular weight excluding hydrogens is 466 g/mol. The van der Waals surface area contributed by atoms with E-state index >= 15 is 0 Å². The first-order chi connectivity index (χ1) is 15.0. The summed E-state index contributed by atoms with van der Waals surface area (Å²) in [6.07, 6.45) is -0.577. The van der Waals surface area contributed by atoms with Crippen LogP contribution in [0.3, 0.4) is 0 Å². The first kappa shape index (κ1) is 26.9. The average molecular weight is 494 g/mol. The fourth-order valence-electron chi connectivity index (χ4n) is 3.78. The minimum atomic E-state index is -4.56. The summed E-state index contributed by atoms with van der Waals surface area (Å²) in [5, 5.41) is 4.29. The molecule has 1 aromatic rings. The molecular formula is C22H28ClF4N3O3. The quantitative estimate of drug-likeness (QED) is 0.356. The molecule has 2 amide bonds. The average Bonchev–Trinajstić information content (AvgIpc) is 3.62. The largest absolute Gasteiger partial charge is 0.405 e. The minimum absolute atomic E-state index is 0. The number of hydrogen-bond donors (Lipinski definition) is 3. The summed E-state index contributed by atoms with van der Waals surface area (Å²) in [5.74, 6) is -2.74. The van der Waals surface area contributed by atoms with Crippen molar-refractivity contribution in [1.29, 1.82) is 0 Å². The number of halogens is 5. The van der Waals surface area contributed by atoms with E-state index in [4.69, 9.17) is 10.5 Å². The Balaban J connectivity index is 0.00000385. The van der Waals surface area contributed by atoms with Crippen molar-refractivity contribution in [3.8, 4) is 0 Å². The molecule has 0 unspecified atom stereocenters. The molecule has 1 atom stereocenters. The van der Waals surface area contributed by atoms with Gasteiger partial charge >= 0.3 is 6.18 Å². The maximum atomic E-state index is 14.8. The molecule has 0 spiro atoms. The van der Waals surface area contributed by atoms with E-state index in [1.54, 1.807) is 5.32 Å². The zero-order valence-corrected chi connectivity index (χ0v) is 19.2. The van der Waals surface area contributed by atoms with Gasteiger partial charge in [0.2, 0.25) is 5.91 Å². The number of allylic oxidation sites excluding steroid dienone is 1. The van der Waals surface area contributed by atoms with Crippen molar-refractivity contribution in [1.82, 2.24) is 5.32 Å². The third-order valence-corrected chi connectivity index (χ3v) is 5.69. The van der Waals surface area contributed by atoms with Crippen LogP contribution in [0.5, 0.6) is 0 Å². The van der Waals surface area contributed by atoms with Crippen molar-refractivity contribution in [3.05, 3.63) is 40.3 Å². The summed E-state index contributed by atoms with van der Waals surface area (Å²) in [5.41, 5.74) is 7.57. The van der Waals surface area contributed by atoms with Crippen molar-refractivity contribution in [3.63, 3.8) is 0 Å². The van der Waals surface area contributed by atoms with Crippen LogP contribution in [0.1, 0.15) is 49.7 Å². The van der Waals surface area contributed by atoms with Gasteiger partial charge in [0, 0.05) is 7.11 Å². The number of methoxy groups -OCH3 is 1. The van der Waals surface area contributed by atoms with Crippen LogP contribution in [-0.2, 0) is 20.9 Å². The van der Waals surface area contributed by atoms with Gasteiger partial charge in [-0.15, -0.1) is 12.4 Å². The SMILES string of the molecule is COCc1cc(NC(=O)C(N)=C(C2CC2)C2CC2)c(F)cc1[C@H](C)C(=O)NCC(F)(F)F.Cl. The van der Waals surface area contributed by atoms with Gasteiger partial charge < -0.3 is 21.1 Å². The zero-order chi connectivity index (χ0) is 23.6. The molecule has 0 aliphatic heterocycles. The summed E-state index contributed by atoms with van der Waals surface area (Å²) >= 11 is 0. The number of hydrogen-bond acceptors (Lipinski definition) is 4. The highest BCUT2D eigenvalue weighted by molar-refractivity contribution is 6.04. The predicted octanol–water partition coefficient (Wildman–Crippen LogP) is 4.15. The van der Waals surface area contributed by atoms with Gasteiger partial charge in [0.25, 0.3) is 5.91 Å². The second-order valence-corrected chi connectivity index (χ2v) is 8.39. The van der Waals surface area contributed by atoms with E-state index in [1.165, 1.54) is 20.1 Å². The zero-order valence-electron chi connectivity index (χ0n) is 18.4. The second-order valence-electron chi connectivity index (χ2n) is 8.39. The number of nitrogens with two attached hydrogens (primary N) is 1. The lowest BCUT2D eigenvalue weighted by molar-refractivity contribution is -0.139. The molecule has 4 N–H and O–H groups in total. The number of carbonyl (C=O) groups is 2. The van der Waals surface area contributed by atoms with E-state index in [2.05, 4.69) is 5.32 Å². The Morgan fingerprint density at radius 2 is 1.76 bits per heavy atom. The van der Waals surface area contributed by atoms with Crippen LogP contribution in [0.15, 0.2) is 23.4 Å². The Kier molecular flexibility index (Phi) is 8.75. The number of carbonyl (C=O) groups excluding carboxylic acids is 2. The molecule has 33 heavy (non-hydrogen) atoms. The number of nitrogens with one attached hydrogen (secondary N) is 2. The van der Waals surface area contributed by atoms with Gasteiger partial charge in [-0.1, -0.05) is 0 Å². The first-order valence-electron chi connectivity index (χ1n) is 10.5. The highest BCUT2D eigenvalue weighted by Crippen LogP contribution is 2.49. The Morgan fingerprint density at radius 1 is 1.18 bits per heavy atom. The fraction of sp³-hybridized carbons (Fsp3) is 0.545. The van der Waals surface area contributed by atoms with Gasteiger partial charge in [-0.25, -0.2) is 4.39 Å². The molecule has 1 aromatic carbocycles. The lowest BCUT2D eigenvalue weighted by Gasteiger charge is -2.19. The highest BCUT2D eigenvalue weighted by Gasteiger charge is 2.39. The van der Waals surface area contributed by atoms with E-state index < -0.39 is 36.3 Å². The topological polar surface area (TPSA) is 93.4 Å². The third-order valence-electron chi connectivity index (χ3n) is 5.69. The van der Waals surface area contributed by atoms with Crippen LogP contribution >= 0.6 is 12.4 Å². The van der Waals surface area contributed by atoms with Gasteiger partial charge in [-0.05, 0) is 73.3 Å². The van der Waals surface area contributed by atoms with E-state index in [1.807, 2.05) is 0 Å². The molecule has 2 fully saturated rings. The molecule has 0 aromatic heterocycles. The molecule has 11 heteroatoms. The van der Waals surface area contributed by atoms with Crippen LogP contribution in [0.25, 0.3) is 0 Å². The molecule has 0 heterocycles. The molecule has 6 nitrogen and oxygen atoms in total. The van der Waals surface area contributed by atoms with E-state index in [0.717, 1.165) is 37.3 Å². The maximum Gasteiger partial charge on any atom is 0.405 e. The lowest BCUT2D eigenvalue weighted by atomic mass is 9.94. The Bertz CT molecular complexity index is 914. The van der Waals surface area contributed by atoms with E-state index in [-0.39, 0.29) is 36.0 Å². The third kappa shape index (κ3) is 7.07. The highest BCUT2D eigenvalue weighted by atomic mass is 35.5. The minimum Gasteiger partial charge on any atom is -0.394 e. The van der Waals surface area contributed by atoms with Crippen LogP contribution in [0.4, 0.5) is 23.2 Å². The van der Waals surface area contributed by atoms with E-state index in [0.29, 0.717) is 17.4 Å². The number of benzene rings is 1. The maximum absolute atomic E-state index is 14.8. The van der Waals surface area contributed by atoms with Gasteiger partial charge in [-0.2, -0.15) is 13.2 Å². The fourth-order valence-corrected chi connectivity index (χ4v) is 3.78. The van der Waals surface area contributed by atoms with Crippen LogP contribution in [0, 0.1) is 17.7 Å². The summed E-state index contributed by atoms with van der Waals surface area (Å²) in [4.78, 5) is 24.8. The van der Waals surface area contributed by atoms with Crippen LogP contribution < -0.4 is 16.4 Å². The summed E-state index contributed by atoms with van der Waals surface area (Å²) in [6.45, 7) is -0.144. The molecule has 184 valence electrons. The van der Waals surface area contributed by atoms with Crippen molar-refractivity contribution < 1.29 is 31.9 Å². The van der Waals surface area contributed by atoms with Crippen LogP contribution in [-0.4, -0.2) is 31.6 Å². The Hall–Kier alpha value is -2.33. The first-order valence-corrected chi connectivity index (χ1v) is 10.5.